The van der Waals surface area contributed by atoms with Gasteiger partial charge in [0.25, 0.3) is 0 Å². The fourth-order valence-corrected chi connectivity index (χ4v) is 2.47. The van der Waals surface area contributed by atoms with Gasteiger partial charge < -0.3 is 4.74 Å². The lowest BCUT2D eigenvalue weighted by molar-refractivity contribution is -0.274. The Hall–Kier alpha value is -2.07. The molecule has 0 aliphatic rings. The average Bonchev–Trinajstić information content (AvgIpc) is 2.88. The fourth-order valence-electron chi connectivity index (χ4n) is 1.57. The van der Waals surface area contributed by atoms with Gasteiger partial charge in [-0.15, -0.1) is 24.5 Å². The van der Waals surface area contributed by atoms with Crippen molar-refractivity contribution in [1.82, 2.24) is 4.98 Å². The number of hydrogen-bond donors (Lipinski definition) is 0. The number of nitrogens with zero attached hydrogens (tertiary/aromatic N) is 2. The van der Waals surface area contributed by atoms with Crippen LogP contribution in [-0.4, -0.2) is 11.3 Å². The lowest BCUT2D eigenvalue weighted by atomic mass is 9.97. The van der Waals surface area contributed by atoms with Gasteiger partial charge in [0.2, 0.25) is 0 Å². The van der Waals surface area contributed by atoms with Crippen molar-refractivity contribution in [3.05, 3.63) is 34.7 Å². The van der Waals surface area contributed by atoms with Crippen LogP contribution in [0, 0.1) is 11.3 Å². The Morgan fingerprint density at radius 1 is 1.19 bits per heavy atom. The van der Waals surface area contributed by atoms with E-state index in [9.17, 15) is 13.2 Å². The molecule has 0 radical (unpaired) electrons. The van der Waals surface area contributed by atoms with Gasteiger partial charge in [0, 0.05) is 10.9 Å². The smallest absolute Gasteiger partial charge is 0.406 e. The van der Waals surface area contributed by atoms with Crippen LogP contribution in [0.5, 0.6) is 5.75 Å². The van der Waals surface area contributed by atoms with Crippen molar-refractivity contribution >= 4 is 11.3 Å². The molecular weight excluding hydrogens is 301 g/mol. The number of aromatic nitrogens is 1. The summed E-state index contributed by atoms with van der Waals surface area (Å²) in [4.78, 5) is 4.36. The molecule has 0 saturated carbocycles. The van der Waals surface area contributed by atoms with E-state index in [0.29, 0.717) is 16.3 Å². The van der Waals surface area contributed by atoms with Gasteiger partial charge in [-0.1, -0.05) is 0 Å². The maximum absolute atomic E-state index is 12.1. The van der Waals surface area contributed by atoms with E-state index >= 15 is 0 Å². The van der Waals surface area contributed by atoms with E-state index in [4.69, 9.17) is 5.26 Å². The van der Waals surface area contributed by atoms with Crippen molar-refractivity contribution in [1.29, 1.82) is 5.26 Å². The number of hydrogen-bond acceptors (Lipinski definition) is 4. The van der Waals surface area contributed by atoms with Crippen LogP contribution in [-0.2, 0) is 5.41 Å². The van der Waals surface area contributed by atoms with Gasteiger partial charge in [-0.3, -0.25) is 0 Å². The zero-order chi connectivity index (χ0) is 15.7. The first-order valence-electron chi connectivity index (χ1n) is 5.95. The monoisotopic (exact) mass is 312 g/mol. The van der Waals surface area contributed by atoms with E-state index < -0.39 is 11.8 Å². The van der Waals surface area contributed by atoms with E-state index in [1.165, 1.54) is 35.6 Å². The topological polar surface area (TPSA) is 45.9 Å². The number of halogens is 3. The van der Waals surface area contributed by atoms with E-state index in [0.717, 1.165) is 0 Å². The molecule has 7 heteroatoms. The highest BCUT2D eigenvalue weighted by Gasteiger charge is 2.31. The molecule has 3 nitrogen and oxygen atoms in total. The van der Waals surface area contributed by atoms with Crippen LogP contribution in [0.3, 0.4) is 0 Å². The van der Waals surface area contributed by atoms with Crippen LogP contribution in [0.1, 0.15) is 18.9 Å². The Kier molecular flexibility index (Phi) is 3.92. The SMILES string of the molecule is CC(C)(C#N)c1nc(-c2ccc(OC(F)(F)F)cc2)cs1. The minimum atomic E-state index is -4.70. The van der Waals surface area contributed by atoms with E-state index in [-0.39, 0.29) is 5.75 Å². The highest BCUT2D eigenvalue weighted by atomic mass is 32.1. The molecule has 0 aliphatic carbocycles. The summed E-state index contributed by atoms with van der Waals surface area (Å²) >= 11 is 1.35. The highest BCUT2D eigenvalue weighted by molar-refractivity contribution is 7.10. The predicted octanol–water partition coefficient (Wildman–Crippen LogP) is 4.51. The van der Waals surface area contributed by atoms with Gasteiger partial charge in [-0.05, 0) is 38.1 Å². The molecule has 1 heterocycles. The van der Waals surface area contributed by atoms with Crippen LogP contribution in [0.15, 0.2) is 29.6 Å². The summed E-state index contributed by atoms with van der Waals surface area (Å²) in [5.41, 5.74) is 0.597. The van der Waals surface area contributed by atoms with Gasteiger partial charge in [0.1, 0.15) is 16.2 Å². The third kappa shape index (κ3) is 3.73. The molecule has 2 aromatic rings. The van der Waals surface area contributed by atoms with Crippen molar-refractivity contribution in [2.24, 2.45) is 0 Å². The second-order valence-corrected chi connectivity index (χ2v) is 5.70. The molecule has 0 bridgehead atoms. The summed E-state index contributed by atoms with van der Waals surface area (Å²) in [5.74, 6) is -0.279. The molecule has 110 valence electrons. The standard InChI is InChI=1S/C14H11F3N2OS/c1-13(2,8-18)12-19-11(7-21-12)9-3-5-10(6-4-9)20-14(15,16)17/h3-7H,1-2H3. The van der Waals surface area contributed by atoms with E-state index in [1.807, 2.05) is 0 Å². The van der Waals surface area contributed by atoms with Crippen LogP contribution < -0.4 is 4.74 Å². The van der Waals surface area contributed by atoms with Gasteiger partial charge in [-0.2, -0.15) is 5.26 Å². The van der Waals surface area contributed by atoms with Gasteiger partial charge >= 0.3 is 6.36 Å². The molecule has 0 spiro atoms. The van der Waals surface area contributed by atoms with Crippen LogP contribution >= 0.6 is 11.3 Å². The first kappa shape index (κ1) is 15.3. The quantitative estimate of drug-likeness (QED) is 0.837. The second kappa shape index (κ2) is 5.37. The molecule has 0 fully saturated rings. The zero-order valence-electron chi connectivity index (χ0n) is 11.2. The van der Waals surface area contributed by atoms with E-state index in [1.54, 1.807) is 19.2 Å². The maximum Gasteiger partial charge on any atom is 0.573 e. The summed E-state index contributed by atoms with van der Waals surface area (Å²) in [5, 5.41) is 11.5. The number of benzene rings is 1. The predicted molar refractivity (Wildman–Crippen MR) is 72.9 cm³/mol. The summed E-state index contributed by atoms with van der Waals surface area (Å²) < 4.78 is 40.0. The number of nitriles is 1. The molecule has 0 atom stereocenters. The lowest BCUT2D eigenvalue weighted by Gasteiger charge is -2.10. The van der Waals surface area contributed by atoms with Crippen molar-refractivity contribution < 1.29 is 17.9 Å². The van der Waals surface area contributed by atoms with Gasteiger partial charge in [0.05, 0.1) is 11.8 Å². The Morgan fingerprint density at radius 3 is 2.33 bits per heavy atom. The number of rotatable bonds is 3. The van der Waals surface area contributed by atoms with Crippen molar-refractivity contribution in [2.45, 2.75) is 25.6 Å². The van der Waals surface area contributed by atoms with Gasteiger partial charge in [0.15, 0.2) is 0 Å². The first-order valence-corrected chi connectivity index (χ1v) is 6.83. The summed E-state index contributed by atoms with van der Waals surface area (Å²) in [7, 11) is 0. The van der Waals surface area contributed by atoms with Gasteiger partial charge in [-0.25, -0.2) is 4.98 Å². The third-order valence-corrected chi connectivity index (χ3v) is 3.87. The third-order valence-electron chi connectivity index (χ3n) is 2.70. The van der Waals surface area contributed by atoms with Crippen LogP contribution in [0.2, 0.25) is 0 Å². The Morgan fingerprint density at radius 2 is 1.81 bits per heavy atom. The number of thiazole rings is 1. The highest BCUT2D eigenvalue weighted by Crippen LogP contribution is 2.31. The molecule has 1 aromatic carbocycles. The summed E-state index contributed by atoms with van der Waals surface area (Å²) in [6.45, 7) is 3.52. The van der Waals surface area contributed by atoms with Crippen LogP contribution in [0.4, 0.5) is 13.2 Å². The molecule has 0 saturated heterocycles. The maximum atomic E-state index is 12.1. The Labute approximate surface area is 123 Å². The molecule has 0 aliphatic heterocycles. The summed E-state index contributed by atoms with van der Waals surface area (Å²) in [6.07, 6.45) is -4.70. The molecule has 2 rings (SSSR count). The van der Waals surface area contributed by atoms with Crippen molar-refractivity contribution in [3.8, 4) is 23.1 Å². The Balaban J connectivity index is 2.22. The van der Waals surface area contributed by atoms with Crippen molar-refractivity contribution in [3.63, 3.8) is 0 Å². The Bertz CT molecular complexity index is 669. The normalized spacial score (nSPS) is 12.0. The zero-order valence-corrected chi connectivity index (χ0v) is 12.0. The number of ether oxygens (including phenoxy) is 1. The summed E-state index contributed by atoms with van der Waals surface area (Å²) in [6, 6.07) is 7.63. The largest absolute Gasteiger partial charge is 0.573 e. The lowest BCUT2D eigenvalue weighted by Crippen LogP contribution is -2.16. The number of alkyl halides is 3. The van der Waals surface area contributed by atoms with E-state index in [2.05, 4.69) is 15.8 Å². The molecule has 21 heavy (non-hydrogen) atoms. The molecule has 0 unspecified atom stereocenters. The second-order valence-electron chi connectivity index (χ2n) is 4.85. The average molecular weight is 312 g/mol. The first-order chi connectivity index (χ1) is 9.71. The molecule has 1 aromatic heterocycles. The van der Waals surface area contributed by atoms with Crippen molar-refractivity contribution in [2.75, 3.05) is 0 Å². The minimum Gasteiger partial charge on any atom is -0.406 e. The molecule has 0 amide bonds. The fraction of sp³-hybridized carbons (Fsp3) is 0.286. The minimum absolute atomic E-state index is 0.279. The molecule has 0 N–H and O–H groups in total. The molecular formula is C14H11F3N2OS. The van der Waals surface area contributed by atoms with Crippen LogP contribution in [0.25, 0.3) is 11.3 Å².